The summed E-state index contributed by atoms with van der Waals surface area (Å²) in [7, 11) is 0. The van der Waals surface area contributed by atoms with E-state index in [-0.39, 0.29) is 11.9 Å². The first-order chi connectivity index (χ1) is 11.3. The van der Waals surface area contributed by atoms with Crippen molar-refractivity contribution in [3.8, 4) is 6.07 Å². The highest BCUT2D eigenvalue weighted by atomic mass is 16.2. The molecular weight excluding hydrogens is 286 g/mol. The molecule has 3 rings (SSSR count). The summed E-state index contributed by atoms with van der Waals surface area (Å²) in [6, 6.07) is 21.3. The highest BCUT2D eigenvalue weighted by molar-refractivity contribution is 5.94. The number of nitrogens with zero attached hydrogens (tertiary/aromatic N) is 3. The van der Waals surface area contributed by atoms with Gasteiger partial charge in [0.2, 0.25) is 0 Å². The fraction of sp³-hybridized carbons (Fsp3) is 0.263. The molecule has 2 aromatic carbocycles. The topological polar surface area (TPSA) is 47.3 Å². The summed E-state index contributed by atoms with van der Waals surface area (Å²) < 4.78 is 0. The molecule has 0 radical (unpaired) electrons. The molecule has 23 heavy (non-hydrogen) atoms. The maximum atomic E-state index is 12.5. The van der Waals surface area contributed by atoms with Gasteiger partial charge in [-0.25, -0.2) is 0 Å². The van der Waals surface area contributed by atoms with Crippen LogP contribution < -0.4 is 0 Å². The molecule has 0 saturated carbocycles. The van der Waals surface area contributed by atoms with Crippen molar-refractivity contribution in [3.05, 3.63) is 71.8 Å². The number of carbonyl (C=O) groups excluding carboxylic acids is 1. The summed E-state index contributed by atoms with van der Waals surface area (Å²) in [6.07, 6.45) is 0. The Morgan fingerprint density at radius 3 is 2.04 bits per heavy atom. The normalized spacial score (nSPS) is 16.6. The number of nitriles is 1. The molecule has 2 aromatic rings. The maximum absolute atomic E-state index is 12.5. The van der Waals surface area contributed by atoms with Crippen molar-refractivity contribution in [1.82, 2.24) is 9.80 Å². The Kier molecular flexibility index (Phi) is 4.70. The van der Waals surface area contributed by atoms with E-state index in [2.05, 4.69) is 11.0 Å². The largest absolute Gasteiger partial charge is 0.336 e. The Balaban J connectivity index is 1.64. The molecule has 4 nitrogen and oxygen atoms in total. The molecule has 116 valence electrons. The van der Waals surface area contributed by atoms with E-state index in [1.54, 1.807) is 0 Å². The van der Waals surface area contributed by atoms with Crippen LogP contribution in [0.1, 0.15) is 22.0 Å². The molecule has 4 heteroatoms. The molecule has 1 fully saturated rings. The van der Waals surface area contributed by atoms with Crippen LogP contribution >= 0.6 is 0 Å². The molecule has 1 atom stereocenters. The van der Waals surface area contributed by atoms with E-state index in [4.69, 9.17) is 0 Å². The van der Waals surface area contributed by atoms with Crippen molar-refractivity contribution in [1.29, 1.82) is 5.26 Å². The zero-order chi connectivity index (χ0) is 16.1. The average molecular weight is 305 g/mol. The van der Waals surface area contributed by atoms with E-state index in [1.165, 1.54) is 0 Å². The van der Waals surface area contributed by atoms with Crippen molar-refractivity contribution in [2.45, 2.75) is 6.04 Å². The van der Waals surface area contributed by atoms with E-state index in [0.717, 1.165) is 11.1 Å². The molecule has 1 aliphatic heterocycles. The number of carbonyl (C=O) groups is 1. The van der Waals surface area contributed by atoms with Crippen molar-refractivity contribution < 1.29 is 4.79 Å². The second-order valence-corrected chi connectivity index (χ2v) is 5.64. The lowest BCUT2D eigenvalue weighted by molar-refractivity contribution is 0.0606. The molecule has 1 saturated heterocycles. The summed E-state index contributed by atoms with van der Waals surface area (Å²) in [5.41, 5.74) is 1.73. The van der Waals surface area contributed by atoms with Gasteiger partial charge in [-0.3, -0.25) is 9.69 Å². The molecule has 0 N–H and O–H groups in total. The Morgan fingerprint density at radius 2 is 1.48 bits per heavy atom. The Bertz CT molecular complexity index is 686. The lowest BCUT2D eigenvalue weighted by Crippen LogP contribution is -2.49. The van der Waals surface area contributed by atoms with E-state index < -0.39 is 0 Å². The Hall–Kier alpha value is -2.64. The third-order valence-electron chi connectivity index (χ3n) is 4.22. The minimum Gasteiger partial charge on any atom is -0.336 e. The van der Waals surface area contributed by atoms with Gasteiger partial charge in [0.1, 0.15) is 6.04 Å². The molecule has 1 amide bonds. The van der Waals surface area contributed by atoms with Crippen LogP contribution in [0.15, 0.2) is 60.7 Å². The average Bonchev–Trinajstić information content (AvgIpc) is 2.64. The van der Waals surface area contributed by atoms with Crippen LogP contribution in [0, 0.1) is 11.3 Å². The molecule has 0 aromatic heterocycles. The van der Waals surface area contributed by atoms with Gasteiger partial charge >= 0.3 is 0 Å². The molecule has 0 bridgehead atoms. The van der Waals surface area contributed by atoms with Crippen molar-refractivity contribution in [3.63, 3.8) is 0 Å². The highest BCUT2D eigenvalue weighted by Crippen LogP contribution is 2.21. The Labute approximate surface area is 136 Å². The van der Waals surface area contributed by atoms with Gasteiger partial charge in [-0.2, -0.15) is 5.26 Å². The van der Waals surface area contributed by atoms with Gasteiger partial charge in [0.25, 0.3) is 5.91 Å². The van der Waals surface area contributed by atoms with Gasteiger partial charge in [0, 0.05) is 31.7 Å². The summed E-state index contributed by atoms with van der Waals surface area (Å²) in [4.78, 5) is 16.5. The molecular formula is C19H19N3O. The maximum Gasteiger partial charge on any atom is 0.253 e. The van der Waals surface area contributed by atoms with E-state index in [9.17, 15) is 10.1 Å². The first-order valence-corrected chi connectivity index (χ1v) is 7.82. The number of piperazine rings is 1. The number of hydrogen-bond donors (Lipinski definition) is 0. The predicted molar refractivity (Wildman–Crippen MR) is 88.7 cm³/mol. The van der Waals surface area contributed by atoms with Gasteiger partial charge < -0.3 is 4.90 Å². The quantitative estimate of drug-likeness (QED) is 0.876. The standard InChI is InChI=1S/C19H19N3O/c20-15-18(16-7-3-1-4-8-16)21-11-13-22(14-12-21)19(23)17-9-5-2-6-10-17/h1-10,18H,11-14H2/t18-/m0/s1. The minimum absolute atomic E-state index is 0.0680. The second kappa shape index (κ2) is 7.08. The lowest BCUT2D eigenvalue weighted by atomic mass is 10.1. The van der Waals surface area contributed by atoms with Gasteiger partial charge in [0.15, 0.2) is 0 Å². The third-order valence-corrected chi connectivity index (χ3v) is 4.22. The zero-order valence-electron chi connectivity index (χ0n) is 12.9. The van der Waals surface area contributed by atoms with Crippen LogP contribution in [0.5, 0.6) is 0 Å². The van der Waals surface area contributed by atoms with E-state index in [1.807, 2.05) is 65.6 Å². The van der Waals surface area contributed by atoms with Crippen molar-refractivity contribution in [2.24, 2.45) is 0 Å². The van der Waals surface area contributed by atoms with Crippen LogP contribution in [-0.4, -0.2) is 41.9 Å². The molecule has 0 spiro atoms. The summed E-state index contributed by atoms with van der Waals surface area (Å²) in [5, 5.41) is 9.51. The summed E-state index contributed by atoms with van der Waals surface area (Å²) in [6.45, 7) is 2.73. The molecule has 0 aliphatic carbocycles. The third kappa shape index (κ3) is 3.41. The van der Waals surface area contributed by atoms with Gasteiger partial charge in [0.05, 0.1) is 6.07 Å². The monoisotopic (exact) mass is 305 g/mol. The molecule has 1 heterocycles. The first-order valence-electron chi connectivity index (χ1n) is 7.82. The van der Waals surface area contributed by atoms with Crippen LogP contribution in [0.4, 0.5) is 0 Å². The first kappa shape index (κ1) is 15.3. The SMILES string of the molecule is N#C[C@@H](c1ccccc1)N1CCN(C(=O)c2ccccc2)CC1. The smallest absolute Gasteiger partial charge is 0.253 e. The Morgan fingerprint density at radius 1 is 0.913 bits per heavy atom. The van der Waals surface area contributed by atoms with Crippen molar-refractivity contribution >= 4 is 5.91 Å². The van der Waals surface area contributed by atoms with Gasteiger partial charge in [-0.1, -0.05) is 48.5 Å². The van der Waals surface area contributed by atoms with Crippen LogP contribution in [0.25, 0.3) is 0 Å². The molecule has 0 unspecified atom stereocenters. The second-order valence-electron chi connectivity index (χ2n) is 5.64. The summed E-state index contributed by atoms with van der Waals surface area (Å²) >= 11 is 0. The zero-order valence-corrected chi connectivity index (χ0v) is 12.9. The molecule has 1 aliphatic rings. The summed E-state index contributed by atoms with van der Waals surface area (Å²) in [5.74, 6) is 0.0680. The minimum atomic E-state index is -0.245. The predicted octanol–water partition coefficient (Wildman–Crippen LogP) is 2.71. The number of amides is 1. The lowest BCUT2D eigenvalue weighted by Gasteiger charge is -2.37. The van der Waals surface area contributed by atoms with E-state index >= 15 is 0 Å². The van der Waals surface area contributed by atoms with Crippen LogP contribution in [-0.2, 0) is 0 Å². The fourth-order valence-electron chi connectivity index (χ4n) is 2.95. The van der Waals surface area contributed by atoms with Crippen LogP contribution in [0.3, 0.4) is 0 Å². The number of rotatable bonds is 3. The fourth-order valence-corrected chi connectivity index (χ4v) is 2.95. The van der Waals surface area contributed by atoms with Crippen molar-refractivity contribution in [2.75, 3.05) is 26.2 Å². The highest BCUT2D eigenvalue weighted by Gasteiger charge is 2.27. The van der Waals surface area contributed by atoms with Gasteiger partial charge in [-0.05, 0) is 17.7 Å². The number of hydrogen-bond acceptors (Lipinski definition) is 3. The number of benzene rings is 2. The van der Waals surface area contributed by atoms with Crippen LogP contribution in [0.2, 0.25) is 0 Å². The van der Waals surface area contributed by atoms with E-state index in [0.29, 0.717) is 26.2 Å². The van der Waals surface area contributed by atoms with Gasteiger partial charge in [-0.15, -0.1) is 0 Å².